The van der Waals surface area contributed by atoms with Crippen LogP contribution in [0.15, 0.2) is 0 Å². The molecule has 110 valence electrons. The second-order valence-corrected chi connectivity index (χ2v) is 8.79. The van der Waals surface area contributed by atoms with Gasteiger partial charge in [-0.2, -0.15) is 0 Å². The molecule has 2 rings (SSSR count). The van der Waals surface area contributed by atoms with E-state index < -0.39 is 0 Å². The zero-order valence-corrected chi connectivity index (χ0v) is 13.9. The first-order valence-corrected chi connectivity index (χ1v) is 8.07. The van der Waals surface area contributed by atoms with Crippen LogP contribution in [0, 0.1) is 40.4 Å². The van der Waals surface area contributed by atoms with E-state index in [0.717, 1.165) is 24.2 Å². The highest BCUT2D eigenvalue weighted by atomic mass is 16.1. The number of hydrogen-bond donors (Lipinski definition) is 0. The molecule has 5 unspecified atom stereocenters. The lowest BCUT2D eigenvalue weighted by atomic mass is 9.45. The summed E-state index contributed by atoms with van der Waals surface area (Å²) >= 11 is 0. The van der Waals surface area contributed by atoms with Crippen molar-refractivity contribution in [3.05, 3.63) is 0 Å². The Morgan fingerprint density at radius 2 is 1.58 bits per heavy atom. The lowest BCUT2D eigenvalue weighted by molar-refractivity contribution is -0.136. The molecule has 0 aromatic carbocycles. The molecule has 0 saturated heterocycles. The number of rotatable bonds is 1. The van der Waals surface area contributed by atoms with Crippen LogP contribution in [-0.4, -0.2) is 5.78 Å². The Labute approximate surface area is 119 Å². The van der Waals surface area contributed by atoms with Crippen molar-refractivity contribution in [1.29, 1.82) is 0 Å². The van der Waals surface area contributed by atoms with Crippen LogP contribution in [0.3, 0.4) is 0 Å². The normalized spacial score (nSPS) is 44.5. The van der Waals surface area contributed by atoms with Gasteiger partial charge in [0.25, 0.3) is 0 Å². The number of carbonyl (C=O) groups is 1. The fraction of sp³-hybridized carbons (Fsp3) is 0.944. The Kier molecular flexibility index (Phi) is 3.65. The molecule has 0 N–H and O–H groups in total. The number of hydrogen-bond acceptors (Lipinski definition) is 1. The van der Waals surface area contributed by atoms with Crippen LogP contribution in [0.25, 0.3) is 0 Å². The van der Waals surface area contributed by atoms with Crippen molar-refractivity contribution in [2.75, 3.05) is 0 Å². The molecule has 0 aliphatic heterocycles. The second-order valence-electron chi connectivity index (χ2n) is 8.79. The van der Waals surface area contributed by atoms with Gasteiger partial charge in [-0.05, 0) is 60.7 Å². The summed E-state index contributed by atoms with van der Waals surface area (Å²) in [6.45, 7) is 16.3. The highest BCUT2D eigenvalue weighted by Gasteiger charge is 2.54. The Morgan fingerprint density at radius 1 is 1.00 bits per heavy atom. The van der Waals surface area contributed by atoms with Crippen molar-refractivity contribution in [1.82, 2.24) is 0 Å². The van der Waals surface area contributed by atoms with Crippen molar-refractivity contribution in [2.24, 2.45) is 40.4 Å². The minimum atomic E-state index is 0.310. The van der Waals surface area contributed by atoms with Crippen LogP contribution in [0.1, 0.15) is 67.7 Å². The van der Waals surface area contributed by atoms with Gasteiger partial charge in [-0.1, -0.05) is 41.5 Å². The van der Waals surface area contributed by atoms with E-state index in [-0.39, 0.29) is 0 Å². The molecule has 0 aromatic heterocycles. The van der Waals surface area contributed by atoms with Crippen LogP contribution in [-0.2, 0) is 4.79 Å². The molecule has 0 bridgehead atoms. The van der Waals surface area contributed by atoms with E-state index in [1.807, 2.05) is 0 Å². The largest absolute Gasteiger partial charge is 0.300 e. The maximum absolute atomic E-state index is 11.9. The molecule has 0 amide bonds. The quantitative estimate of drug-likeness (QED) is 0.655. The van der Waals surface area contributed by atoms with Gasteiger partial charge in [-0.3, -0.25) is 4.79 Å². The molecule has 19 heavy (non-hydrogen) atoms. The minimum Gasteiger partial charge on any atom is -0.300 e. The molecule has 1 nitrogen and oxygen atoms in total. The molecule has 0 spiro atoms. The van der Waals surface area contributed by atoms with Crippen LogP contribution in [0.2, 0.25) is 0 Å². The molecule has 0 heterocycles. The van der Waals surface area contributed by atoms with E-state index >= 15 is 0 Å². The van der Waals surface area contributed by atoms with Crippen molar-refractivity contribution in [3.63, 3.8) is 0 Å². The predicted molar refractivity (Wildman–Crippen MR) is 80.9 cm³/mol. The third-order valence-electron chi connectivity index (χ3n) is 6.89. The maximum Gasteiger partial charge on any atom is 0.133 e. The Balaban J connectivity index is 2.33. The number of ketones is 1. The van der Waals surface area contributed by atoms with Gasteiger partial charge in [0, 0.05) is 5.92 Å². The average Bonchev–Trinajstić information content (AvgIpc) is 2.25. The summed E-state index contributed by atoms with van der Waals surface area (Å²) in [5, 5.41) is 0. The van der Waals surface area contributed by atoms with Gasteiger partial charge in [0.05, 0.1) is 0 Å². The topological polar surface area (TPSA) is 17.1 Å². The van der Waals surface area contributed by atoms with Crippen molar-refractivity contribution in [3.8, 4) is 0 Å². The molecule has 2 saturated carbocycles. The summed E-state index contributed by atoms with van der Waals surface area (Å²) in [6.07, 6.45) is 3.68. The van der Waals surface area contributed by atoms with Gasteiger partial charge in [0.15, 0.2) is 0 Å². The lowest BCUT2D eigenvalue weighted by Gasteiger charge is -2.59. The standard InChI is InChI=1S/C18H32O/c1-11-8-16-15(9-14(11)13(3)19)17(4,5)10-12(2)18(16,6)7/h11-12,14-16H,8-10H2,1-7H3. The molecule has 1 heteroatoms. The van der Waals surface area contributed by atoms with E-state index in [9.17, 15) is 4.79 Å². The molecule has 2 aliphatic rings. The average molecular weight is 264 g/mol. The summed E-state index contributed by atoms with van der Waals surface area (Å²) in [4.78, 5) is 11.9. The lowest BCUT2D eigenvalue weighted by Crippen LogP contribution is -2.53. The fourth-order valence-corrected chi connectivity index (χ4v) is 5.22. The first-order valence-electron chi connectivity index (χ1n) is 8.07. The first kappa shape index (κ1) is 15.1. The highest BCUT2D eigenvalue weighted by Crippen LogP contribution is 2.61. The van der Waals surface area contributed by atoms with E-state index in [0.29, 0.717) is 28.4 Å². The summed E-state index contributed by atoms with van der Waals surface area (Å²) in [7, 11) is 0. The van der Waals surface area contributed by atoms with Crippen molar-refractivity contribution >= 4 is 5.78 Å². The Bertz CT molecular complexity index is 366. The first-order chi connectivity index (χ1) is 8.57. The summed E-state index contributed by atoms with van der Waals surface area (Å²) in [6, 6.07) is 0. The Morgan fingerprint density at radius 3 is 2.11 bits per heavy atom. The molecule has 0 radical (unpaired) electrons. The van der Waals surface area contributed by atoms with Gasteiger partial charge in [0.2, 0.25) is 0 Å². The number of fused-ring (bicyclic) bond motifs is 1. The summed E-state index contributed by atoms with van der Waals surface area (Å²) in [5.74, 6) is 3.59. The predicted octanol–water partition coefficient (Wildman–Crippen LogP) is 4.95. The van der Waals surface area contributed by atoms with Gasteiger partial charge in [0.1, 0.15) is 5.78 Å². The zero-order valence-electron chi connectivity index (χ0n) is 13.9. The van der Waals surface area contributed by atoms with Crippen LogP contribution < -0.4 is 0 Å². The third kappa shape index (κ3) is 2.38. The minimum absolute atomic E-state index is 0.310. The Hall–Kier alpha value is -0.330. The zero-order chi connectivity index (χ0) is 14.6. The van der Waals surface area contributed by atoms with E-state index in [4.69, 9.17) is 0 Å². The van der Waals surface area contributed by atoms with E-state index in [2.05, 4.69) is 41.5 Å². The van der Waals surface area contributed by atoms with Crippen molar-refractivity contribution < 1.29 is 4.79 Å². The number of Topliss-reactive ketones (excluding diaryl/α,β-unsaturated/α-hetero) is 1. The molecule has 5 atom stereocenters. The van der Waals surface area contributed by atoms with Crippen LogP contribution in [0.5, 0.6) is 0 Å². The monoisotopic (exact) mass is 264 g/mol. The molecule has 2 fully saturated rings. The SMILES string of the molecule is CC(=O)C1CC2C(CC1C)C(C)(C)C(C)CC2(C)C. The van der Waals surface area contributed by atoms with Crippen LogP contribution >= 0.6 is 0 Å². The smallest absolute Gasteiger partial charge is 0.133 e. The summed E-state index contributed by atoms with van der Waals surface area (Å²) < 4.78 is 0. The number of carbonyl (C=O) groups excluding carboxylic acids is 1. The van der Waals surface area contributed by atoms with Gasteiger partial charge < -0.3 is 0 Å². The summed E-state index contributed by atoms with van der Waals surface area (Å²) in [5.41, 5.74) is 0.823. The third-order valence-corrected chi connectivity index (χ3v) is 6.89. The van der Waals surface area contributed by atoms with Crippen LogP contribution in [0.4, 0.5) is 0 Å². The van der Waals surface area contributed by atoms with Gasteiger partial charge in [-0.25, -0.2) is 0 Å². The van der Waals surface area contributed by atoms with E-state index in [1.165, 1.54) is 12.8 Å². The van der Waals surface area contributed by atoms with Gasteiger partial charge in [-0.15, -0.1) is 0 Å². The maximum atomic E-state index is 11.9. The molecular weight excluding hydrogens is 232 g/mol. The molecule has 2 aliphatic carbocycles. The van der Waals surface area contributed by atoms with Crippen molar-refractivity contribution in [2.45, 2.75) is 67.7 Å². The second kappa shape index (κ2) is 4.60. The highest BCUT2D eigenvalue weighted by molar-refractivity contribution is 5.78. The molecular formula is C18H32O. The molecule has 0 aromatic rings. The van der Waals surface area contributed by atoms with Gasteiger partial charge >= 0.3 is 0 Å². The van der Waals surface area contributed by atoms with E-state index in [1.54, 1.807) is 6.92 Å². The fourth-order valence-electron chi connectivity index (χ4n) is 5.22.